The fourth-order valence-electron chi connectivity index (χ4n) is 6.71. The van der Waals surface area contributed by atoms with Crippen LogP contribution >= 0.6 is 0 Å². The molecule has 2 unspecified atom stereocenters. The molecule has 0 saturated carbocycles. The summed E-state index contributed by atoms with van der Waals surface area (Å²) in [5, 5.41) is 8.82. The van der Waals surface area contributed by atoms with Gasteiger partial charge in [0.25, 0.3) is 5.91 Å². The summed E-state index contributed by atoms with van der Waals surface area (Å²) in [7, 11) is 1.46. The van der Waals surface area contributed by atoms with Gasteiger partial charge in [0.2, 0.25) is 0 Å². The number of carbonyl (C=O) groups excluding carboxylic acids is 2. The lowest BCUT2D eigenvalue weighted by molar-refractivity contribution is -0.146. The number of hydrogen-bond donors (Lipinski definition) is 0. The van der Waals surface area contributed by atoms with Crippen LogP contribution in [0.4, 0.5) is 0 Å². The molecule has 1 amide bonds. The van der Waals surface area contributed by atoms with Crippen molar-refractivity contribution in [1.29, 1.82) is 0 Å². The Balaban J connectivity index is 1.57. The molecule has 4 aromatic rings. The van der Waals surface area contributed by atoms with Crippen molar-refractivity contribution < 1.29 is 14.3 Å². The van der Waals surface area contributed by atoms with Crippen molar-refractivity contribution in [2.24, 2.45) is 5.92 Å². The van der Waals surface area contributed by atoms with Gasteiger partial charge in [0.1, 0.15) is 5.52 Å². The topological polar surface area (TPSA) is 77.3 Å². The van der Waals surface area contributed by atoms with Crippen LogP contribution in [0.5, 0.6) is 0 Å². The first-order valence-electron chi connectivity index (χ1n) is 15.0. The monoisotopic (exact) mass is 566 g/mol. The first-order chi connectivity index (χ1) is 20.1. The maximum absolute atomic E-state index is 13.9. The van der Waals surface area contributed by atoms with Gasteiger partial charge in [-0.3, -0.25) is 9.59 Å². The van der Waals surface area contributed by atoms with Crippen LogP contribution in [-0.2, 0) is 29.0 Å². The highest BCUT2D eigenvalue weighted by atomic mass is 16.5. The second kappa shape index (κ2) is 11.7. The van der Waals surface area contributed by atoms with Gasteiger partial charge in [-0.15, -0.1) is 5.10 Å². The summed E-state index contributed by atoms with van der Waals surface area (Å²) in [5.74, 6) is -0.730. The number of fused-ring (bicyclic) bond motifs is 2. The molecule has 220 valence electrons. The van der Waals surface area contributed by atoms with Crippen LogP contribution in [0, 0.1) is 40.5 Å². The molecule has 0 radical (unpaired) electrons. The molecular weight excluding hydrogens is 524 g/mol. The number of ether oxygens (including phenoxy) is 1. The van der Waals surface area contributed by atoms with Crippen molar-refractivity contribution in [1.82, 2.24) is 19.9 Å². The molecule has 3 aromatic carbocycles. The number of esters is 1. The Kier molecular flexibility index (Phi) is 8.22. The van der Waals surface area contributed by atoms with E-state index in [1.165, 1.54) is 12.7 Å². The van der Waals surface area contributed by atoms with Crippen molar-refractivity contribution in [3.05, 3.63) is 92.0 Å². The molecule has 0 spiro atoms. The predicted octanol–water partition coefficient (Wildman–Crippen LogP) is 6.52. The van der Waals surface area contributed by atoms with Crippen molar-refractivity contribution in [3.63, 3.8) is 0 Å². The van der Waals surface area contributed by atoms with Gasteiger partial charge in [-0.05, 0) is 111 Å². The zero-order valence-corrected chi connectivity index (χ0v) is 26.2. The Hall–Kier alpha value is -4.00. The van der Waals surface area contributed by atoms with E-state index < -0.39 is 0 Å². The Labute approximate surface area is 248 Å². The van der Waals surface area contributed by atoms with Gasteiger partial charge < -0.3 is 9.64 Å². The third kappa shape index (κ3) is 4.99. The fraction of sp³-hybridized carbons (Fsp3) is 0.429. The first kappa shape index (κ1) is 29.5. The molecule has 0 N–H and O–H groups in total. The molecular formula is C35H42N4O3. The van der Waals surface area contributed by atoms with Gasteiger partial charge in [0.15, 0.2) is 0 Å². The average molecular weight is 567 g/mol. The molecule has 0 aliphatic carbocycles. The van der Waals surface area contributed by atoms with Crippen LogP contribution in [-0.4, -0.2) is 45.4 Å². The fourth-order valence-corrected chi connectivity index (χ4v) is 6.71. The van der Waals surface area contributed by atoms with Gasteiger partial charge in [-0.2, -0.15) is 0 Å². The number of aryl methyl sites for hydroxylation is 4. The maximum Gasteiger partial charge on any atom is 0.309 e. The number of aromatic nitrogens is 3. The van der Waals surface area contributed by atoms with Gasteiger partial charge in [-0.25, -0.2) is 4.68 Å². The highest BCUT2D eigenvalue weighted by Crippen LogP contribution is 2.40. The largest absolute Gasteiger partial charge is 0.469 e. The normalized spacial score (nSPS) is 14.5. The number of methoxy groups -OCH3 is 1. The summed E-state index contributed by atoms with van der Waals surface area (Å²) < 4.78 is 7.20. The van der Waals surface area contributed by atoms with E-state index in [0.29, 0.717) is 19.5 Å². The second-order valence-electron chi connectivity index (χ2n) is 11.7. The molecule has 7 nitrogen and oxygen atoms in total. The van der Waals surface area contributed by atoms with Gasteiger partial charge in [0, 0.05) is 31.1 Å². The standard InChI is InChI=1S/C35H42N4O3/c1-9-28(35(41)42-8)32(29-13-14-30-33(24(29)7)36-37-39(30)10-2)26-12-11-25-15-16-38(19-27(25)18-26)34(40)31-22(5)20(3)17-21(4)23(31)6/h11-14,17-18,28,32H,9-10,15-16,19H2,1-8H3. The van der Waals surface area contributed by atoms with Crippen molar-refractivity contribution in [3.8, 4) is 0 Å². The summed E-state index contributed by atoms with van der Waals surface area (Å²) in [6.07, 6.45) is 1.43. The Morgan fingerprint density at radius 3 is 2.29 bits per heavy atom. The van der Waals surface area contributed by atoms with E-state index >= 15 is 0 Å². The maximum atomic E-state index is 13.9. The first-order valence-corrected chi connectivity index (χ1v) is 15.0. The number of hydrogen-bond acceptors (Lipinski definition) is 5. The summed E-state index contributed by atoms with van der Waals surface area (Å²) in [6, 6.07) is 12.9. The lowest BCUT2D eigenvalue weighted by Crippen LogP contribution is -2.37. The van der Waals surface area contributed by atoms with Crippen LogP contribution in [0.15, 0.2) is 36.4 Å². The lowest BCUT2D eigenvalue weighted by atomic mass is 9.76. The molecule has 1 aliphatic rings. The molecule has 0 fully saturated rings. The number of rotatable bonds is 7. The number of benzene rings is 3. The summed E-state index contributed by atoms with van der Waals surface area (Å²) in [5.41, 5.74) is 12.6. The molecule has 0 saturated heterocycles. The SMILES string of the molecule is CCC(C(=O)OC)C(c1ccc2c(c1)CN(C(=O)c1c(C)c(C)cc(C)c1C)CC2)c1ccc2c(nnn2CC)c1C. The Morgan fingerprint density at radius 2 is 1.64 bits per heavy atom. The van der Waals surface area contributed by atoms with E-state index in [0.717, 1.165) is 74.1 Å². The van der Waals surface area contributed by atoms with E-state index in [2.05, 4.69) is 74.4 Å². The lowest BCUT2D eigenvalue weighted by Gasteiger charge is -2.32. The zero-order chi connectivity index (χ0) is 30.3. The highest BCUT2D eigenvalue weighted by molar-refractivity contribution is 5.98. The number of carbonyl (C=O) groups is 2. The van der Waals surface area contributed by atoms with E-state index in [-0.39, 0.29) is 23.7 Å². The molecule has 1 aliphatic heterocycles. The Bertz CT molecular complexity index is 1660. The third-order valence-corrected chi connectivity index (χ3v) is 9.43. The summed E-state index contributed by atoms with van der Waals surface area (Å²) in [6.45, 7) is 16.3. The van der Waals surface area contributed by atoms with Crippen LogP contribution in [0.25, 0.3) is 11.0 Å². The van der Waals surface area contributed by atoms with Crippen LogP contribution in [0.3, 0.4) is 0 Å². The van der Waals surface area contributed by atoms with Crippen molar-refractivity contribution in [2.45, 2.75) is 80.3 Å². The molecule has 42 heavy (non-hydrogen) atoms. The minimum absolute atomic E-state index is 0.0886. The number of amides is 1. The van der Waals surface area contributed by atoms with Crippen molar-refractivity contribution >= 4 is 22.9 Å². The van der Waals surface area contributed by atoms with E-state index in [1.54, 1.807) is 0 Å². The second-order valence-corrected chi connectivity index (χ2v) is 11.7. The predicted molar refractivity (Wildman–Crippen MR) is 166 cm³/mol. The molecule has 5 rings (SSSR count). The highest BCUT2D eigenvalue weighted by Gasteiger charge is 2.33. The number of nitrogens with zero attached hydrogens (tertiary/aromatic N) is 4. The van der Waals surface area contributed by atoms with Gasteiger partial charge in [0.05, 0.1) is 18.5 Å². The Morgan fingerprint density at radius 1 is 0.929 bits per heavy atom. The molecule has 2 heterocycles. The van der Waals surface area contributed by atoms with Gasteiger partial charge >= 0.3 is 5.97 Å². The van der Waals surface area contributed by atoms with Crippen LogP contribution in [0.2, 0.25) is 0 Å². The summed E-state index contributed by atoms with van der Waals surface area (Å²) >= 11 is 0. The smallest absolute Gasteiger partial charge is 0.309 e. The van der Waals surface area contributed by atoms with Gasteiger partial charge in [-0.1, -0.05) is 42.5 Å². The molecule has 7 heteroatoms. The average Bonchev–Trinajstić information content (AvgIpc) is 3.42. The zero-order valence-electron chi connectivity index (χ0n) is 26.2. The summed E-state index contributed by atoms with van der Waals surface area (Å²) in [4.78, 5) is 29.1. The van der Waals surface area contributed by atoms with E-state index in [1.807, 2.05) is 30.4 Å². The molecule has 2 atom stereocenters. The third-order valence-electron chi connectivity index (χ3n) is 9.43. The van der Waals surface area contributed by atoms with Crippen molar-refractivity contribution in [2.75, 3.05) is 13.7 Å². The minimum atomic E-state index is -0.368. The molecule has 1 aromatic heterocycles. The van der Waals surface area contributed by atoms with Crippen LogP contribution < -0.4 is 0 Å². The van der Waals surface area contributed by atoms with Crippen LogP contribution in [0.1, 0.15) is 86.6 Å². The molecule has 0 bridgehead atoms. The minimum Gasteiger partial charge on any atom is -0.469 e. The van der Waals surface area contributed by atoms with E-state index in [9.17, 15) is 9.59 Å². The quantitative estimate of drug-likeness (QED) is 0.238. The van der Waals surface area contributed by atoms with E-state index in [4.69, 9.17) is 4.74 Å².